The Bertz CT molecular complexity index is 1030. The minimum atomic E-state index is -0.281. The Labute approximate surface area is 175 Å². The summed E-state index contributed by atoms with van der Waals surface area (Å²) >= 11 is 6.51. The summed E-state index contributed by atoms with van der Waals surface area (Å²) in [5, 5.41) is 7.73. The van der Waals surface area contributed by atoms with Gasteiger partial charge in [0.05, 0.1) is 37.2 Å². The van der Waals surface area contributed by atoms with Crippen LogP contribution in [0.15, 0.2) is 42.5 Å². The van der Waals surface area contributed by atoms with Crippen molar-refractivity contribution in [2.45, 2.75) is 26.8 Å². The van der Waals surface area contributed by atoms with Gasteiger partial charge in [-0.3, -0.25) is 4.79 Å². The third kappa shape index (κ3) is 4.07. The molecule has 0 radical (unpaired) electrons. The van der Waals surface area contributed by atoms with Crippen molar-refractivity contribution < 1.29 is 14.3 Å². The number of hydrogen-bond acceptors (Lipinski definition) is 4. The fraction of sp³-hybridized carbons (Fsp3) is 0.273. The van der Waals surface area contributed by atoms with Crippen molar-refractivity contribution in [3.8, 4) is 17.2 Å². The first-order valence-electron chi connectivity index (χ1n) is 9.21. The van der Waals surface area contributed by atoms with Crippen molar-refractivity contribution in [1.29, 1.82) is 0 Å². The molecule has 7 heteroatoms. The molecule has 1 amide bonds. The predicted octanol–water partition coefficient (Wildman–Crippen LogP) is 4.65. The number of benzene rings is 2. The summed E-state index contributed by atoms with van der Waals surface area (Å²) in [5.41, 5.74) is 3.63. The van der Waals surface area contributed by atoms with Crippen LogP contribution in [0.4, 0.5) is 0 Å². The lowest BCUT2D eigenvalue weighted by molar-refractivity contribution is 0.0939. The molecule has 0 fully saturated rings. The number of amides is 1. The number of methoxy groups -OCH3 is 2. The van der Waals surface area contributed by atoms with Gasteiger partial charge in [-0.15, -0.1) is 0 Å². The van der Waals surface area contributed by atoms with Gasteiger partial charge in [0.15, 0.2) is 11.5 Å². The van der Waals surface area contributed by atoms with Gasteiger partial charge in [-0.05, 0) is 56.2 Å². The number of aryl methyl sites for hydroxylation is 2. The van der Waals surface area contributed by atoms with Crippen molar-refractivity contribution in [3.63, 3.8) is 0 Å². The molecule has 6 nitrogen and oxygen atoms in total. The van der Waals surface area contributed by atoms with E-state index >= 15 is 0 Å². The number of rotatable bonds is 6. The van der Waals surface area contributed by atoms with Gasteiger partial charge >= 0.3 is 0 Å². The summed E-state index contributed by atoms with van der Waals surface area (Å²) in [6, 6.07) is 13.0. The second-order valence-corrected chi connectivity index (χ2v) is 7.12. The van der Waals surface area contributed by atoms with E-state index < -0.39 is 0 Å². The number of carbonyl (C=O) groups is 1. The van der Waals surface area contributed by atoms with Gasteiger partial charge in [0.1, 0.15) is 5.15 Å². The molecule has 0 aliphatic rings. The molecule has 1 aromatic heterocycles. The van der Waals surface area contributed by atoms with E-state index in [0.29, 0.717) is 22.8 Å². The molecule has 3 aromatic rings. The Balaban J connectivity index is 1.89. The Kier molecular flexibility index (Phi) is 6.13. The van der Waals surface area contributed by atoms with Crippen molar-refractivity contribution in [2.75, 3.05) is 14.2 Å². The summed E-state index contributed by atoms with van der Waals surface area (Å²) in [6.07, 6.45) is 0. The van der Waals surface area contributed by atoms with Crippen LogP contribution in [0, 0.1) is 13.8 Å². The number of ether oxygens (including phenoxy) is 2. The molecular weight excluding hydrogens is 390 g/mol. The topological polar surface area (TPSA) is 65.4 Å². The van der Waals surface area contributed by atoms with E-state index in [0.717, 1.165) is 16.8 Å². The average molecular weight is 414 g/mol. The van der Waals surface area contributed by atoms with E-state index in [2.05, 4.69) is 10.4 Å². The molecule has 0 aliphatic carbocycles. The van der Waals surface area contributed by atoms with Crippen molar-refractivity contribution >= 4 is 17.5 Å². The fourth-order valence-corrected chi connectivity index (χ4v) is 3.66. The van der Waals surface area contributed by atoms with Gasteiger partial charge in [-0.1, -0.05) is 29.8 Å². The molecule has 1 heterocycles. The van der Waals surface area contributed by atoms with E-state index in [9.17, 15) is 4.79 Å². The fourth-order valence-electron chi connectivity index (χ4n) is 3.31. The largest absolute Gasteiger partial charge is 0.493 e. The first kappa shape index (κ1) is 20.7. The smallest absolute Gasteiger partial charge is 0.256 e. The van der Waals surface area contributed by atoms with Crippen LogP contribution in [0.5, 0.6) is 11.5 Å². The monoisotopic (exact) mass is 413 g/mol. The molecule has 0 spiro atoms. The number of carbonyl (C=O) groups excluding carboxylic acids is 1. The third-order valence-electron chi connectivity index (χ3n) is 4.82. The molecule has 2 aromatic carbocycles. The molecule has 1 N–H and O–H groups in total. The highest BCUT2D eigenvalue weighted by atomic mass is 35.5. The molecule has 1 atom stereocenters. The van der Waals surface area contributed by atoms with Crippen LogP contribution in [-0.2, 0) is 0 Å². The number of hydrogen-bond donors (Lipinski definition) is 1. The Morgan fingerprint density at radius 3 is 2.34 bits per heavy atom. The van der Waals surface area contributed by atoms with Crippen LogP contribution in [0.3, 0.4) is 0 Å². The summed E-state index contributed by atoms with van der Waals surface area (Å²) in [6.45, 7) is 5.65. The van der Waals surface area contributed by atoms with Crippen LogP contribution in [-0.4, -0.2) is 29.9 Å². The van der Waals surface area contributed by atoms with Crippen LogP contribution in [0.2, 0.25) is 5.15 Å². The van der Waals surface area contributed by atoms with Gasteiger partial charge in [-0.2, -0.15) is 5.10 Å². The third-order valence-corrected chi connectivity index (χ3v) is 5.17. The van der Waals surface area contributed by atoms with Crippen LogP contribution < -0.4 is 14.8 Å². The van der Waals surface area contributed by atoms with E-state index in [1.165, 1.54) is 0 Å². The zero-order valence-corrected chi connectivity index (χ0v) is 17.9. The molecule has 0 saturated heterocycles. The quantitative estimate of drug-likeness (QED) is 0.638. The van der Waals surface area contributed by atoms with Gasteiger partial charge < -0.3 is 14.8 Å². The zero-order valence-electron chi connectivity index (χ0n) is 17.1. The number of nitrogens with one attached hydrogen (secondary N) is 1. The second kappa shape index (κ2) is 8.57. The SMILES string of the molecule is COc1cc(C)c(C(C)NC(=O)c2c(C)nn(-c3ccccc3)c2Cl)cc1OC. The highest BCUT2D eigenvalue weighted by Crippen LogP contribution is 2.33. The molecular formula is C22H24ClN3O3. The molecule has 29 heavy (non-hydrogen) atoms. The van der Waals surface area contributed by atoms with Crippen molar-refractivity contribution in [3.05, 3.63) is 70.0 Å². The number of halogens is 1. The van der Waals surface area contributed by atoms with Gasteiger partial charge in [-0.25, -0.2) is 4.68 Å². The first-order valence-corrected chi connectivity index (χ1v) is 9.59. The van der Waals surface area contributed by atoms with Gasteiger partial charge in [0.25, 0.3) is 5.91 Å². The summed E-state index contributed by atoms with van der Waals surface area (Å²) in [5.74, 6) is 0.979. The van der Waals surface area contributed by atoms with Crippen LogP contribution >= 0.6 is 11.6 Å². The summed E-state index contributed by atoms with van der Waals surface area (Å²) < 4.78 is 12.3. The normalized spacial score (nSPS) is 11.8. The molecule has 0 saturated carbocycles. The number of nitrogens with zero attached hydrogens (tertiary/aromatic N) is 2. The maximum Gasteiger partial charge on any atom is 0.256 e. The lowest BCUT2D eigenvalue weighted by Crippen LogP contribution is -2.27. The Morgan fingerprint density at radius 1 is 1.10 bits per heavy atom. The Hall–Kier alpha value is -2.99. The zero-order chi connectivity index (χ0) is 21.1. The summed E-state index contributed by atoms with van der Waals surface area (Å²) in [4.78, 5) is 13.0. The number of aromatic nitrogens is 2. The van der Waals surface area contributed by atoms with E-state index in [1.54, 1.807) is 25.8 Å². The molecule has 1 unspecified atom stereocenters. The predicted molar refractivity (Wildman–Crippen MR) is 113 cm³/mol. The van der Waals surface area contributed by atoms with E-state index in [1.807, 2.05) is 56.3 Å². The Morgan fingerprint density at radius 2 is 1.72 bits per heavy atom. The molecule has 3 rings (SSSR count). The lowest BCUT2D eigenvalue weighted by atomic mass is 10.0. The van der Waals surface area contributed by atoms with Crippen LogP contribution in [0.1, 0.15) is 40.1 Å². The average Bonchev–Trinajstić information content (AvgIpc) is 3.02. The first-order chi connectivity index (χ1) is 13.9. The number of para-hydroxylation sites is 1. The molecule has 152 valence electrons. The van der Waals surface area contributed by atoms with Crippen LogP contribution in [0.25, 0.3) is 5.69 Å². The standard InChI is InChI=1S/C22H24ClN3O3/c1-13-11-18(28-4)19(29-5)12-17(13)14(2)24-22(27)20-15(3)25-26(21(20)23)16-9-7-6-8-10-16/h6-12,14H,1-5H3,(H,24,27). The van der Waals surface area contributed by atoms with Gasteiger partial charge in [0.2, 0.25) is 0 Å². The van der Waals surface area contributed by atoms with E-state index in [4.69, 9.17) is 21.1 Å². The van der Waals surface area contributed by atoms with Crippen molar-refractivity contribution in [1.82, 2.24) is 15.1 Å². The lowest BCUT2D eigenvalue weighted by Gasteiger charge is -2.19. The maximum atomic E-state index is 13.0. The highest BCUT2D eigenvalue weighted by Gasteiger charge is 2.23. The maximum absolute atomic E-state index is 13.0. The van der Waals surface area contributed by atoms with Gasteiger partial charge in [0, 0.05) is 0 Å². The summed E-state index contributed by atoms with van der Waals surface area (Å²) in [7, 11) is 3.18. The van der Waals surface area contributed by atoms with E-state index in [-0.39, 0.29) is 17.1 Å². The minimum Gasteiger partial charge on any atom is -0.493 e. The second-order valence-electron chi connectivity index (χ2n) is 6.76. The minimum absolute atomic E-state index is 0.266. The van der Waals surface area contributed by atoms with Crippen molar-refractivity contribution in [2.24, 2.45) is 0 Å². The molecule has 0 aliphatic heterocycles. The molecule has 0 bridgehead atoms. The highest BCUT2D eigenvalue weighted by molar-refractivity contribution is 6.33.